The molecule has 0 amide bonds. The summed E-state index contributed by atoms with van der Waals surface area (Å²) in [5.41, 5.74) is 3.34. The highest BCUT2D eigenvalue weighted by Crippen LogP contribution is 2.32. The molecule has 4 rings (SSSR count). The quantitative estimate of drug-likeness (QED) is 0.267. The third kappa shape index (κ3) is 8.00. The Kier molecular flexibility index (Phi) is 9.89. The minimum atomic E-state index is -0.705. The molecule has 198 valence electrons. The number of aromatic nitrogens is 1. The number of rotatable bonds is 13. The first-order chi connectivity index (χ1) is 18.0. The maximum atomic E-state index is 13.4. The number of fused-ring (bicyclic) bond motifs is 1. The number of carbonyl (C=O) groups is 1. The van der Waals surface area contributed by atoms with Crippen LogP contribution in [0.1, 0.15) is 56.1 Å². The maximum Gasteiger partial charge on any atom is 0.303 e. The third-order valence-electron chi connectivity index (χ3n) is 7.84. The van der Waals surface area contributed by atoms with Gasteiger partial charge in [-0.3, -0.25) is 9.78 Å². The molecule has 1 saturated heterocycles. The lowest BCUT2D eigenvalue weighted by molar-refractivity contribution is -0.137. The normalized spacial score (nSPS) is 18.2. The van der Waals surface area contributed by atoms with E-state index in [9.17, 15) is 14.3 Å². The van der Waals surface area contributed by atoms with Crippen LogP contribution in [-0.4, -0.2) is 47.7 Å². The van der Waals surface area contributed by atoms with Crippen molar-refractivity contribution in [3.8, 4) is 5.75 Å². The molecule has 6 heteroatoms. The molecule has 3 aromatic rings. The number of pyridine rings is 1. The van der Waals surface area contributed by atoms with Crippen LogP contribution in [0.25, 0.3) is 10.9 Å². The molecule has 1 aliphatic heterocycles. The predicted molar refractivity (Wildman–Crippen MR) is 145 cm³/mol. The van der Waals surface area contributed by atoms with Crippen LogP contribution in [0.4, 0.5) is 4.39 Å². The Balaban J connectivity index is 1.28. The van der Waals surface area contributed by atoms with Gasteiger partial charge in [-0.1, -0.05) is 12.1 Å². The number of ether oxygens (including phenoxy) is 1. The number of hydrogen-bond donors (Lipinski definition) is 1. The molecule has 1 aromatic heterocycles. The van der Waals surface area contributed by atoms with Crippen LogP contribution in [0, 0.1) is 17.7 Å². The summed E-state index contributed by atoms with van der Waals surface area (Å²) >= 11 is 0. The van der Waals surface area contributed by atoms with E-state index in [0.29, 0.717) is 11.8 Å². The summed E-state index contributed by atoms with van der Waals surface area (Å²) in [5.74, 6) is 0.951. The molecule has 1 N–H and O–H groups in total. The SMILES string of the molecule is COc1ccc2nccc(CCCC3CCN(CCCCc4cccc(F)c4)CC3CCC(=O)O)c2c1. The zero-order valence-electron chi connectivity index (χ0n) is 21.9. The summed E-state index contributed by atoms with van der Waals surface area (Å²) in [5, 5.41) is 10.5. The number of benzene rings is 2. The van der Waals surface area contributed by atoms with Gasteiger partial charge in [0.1, 0.15) is 11.6 Å². The monoisotopic (exact) mass is 506 g/mol. The molecule has 0 radical (unpaired) electrons. The van der Waals surface area contributed by atoms with Crippen LogP contribution in [0.3, 0.4) is 0 Å². The van der Waals surface area contributed by atoms with Crippen molar-refractivity contribution in [3.63, 3.8) is 0 Å². The fraction of sp³-hybridized carbons (Fsp3) is 0.484. The van der Waals surface area contributed by atoms with Crippen molar-refractivity contribution in [2.75, 3.05) is 26.7 Å². The van der Waals surface area contributed by atoms with E-state index in [1.165, 1.54) is 11.6 Å². The second kappa shape index (κ2) is 13.5. The highest BCUT2D eigenvalue weighted by Gasteiger charge is 2.29. The van der Waals surface area contributed by atoms with Gasteiger partial charge in [0.15, 0.2) is 0 Å². The molecule has 0 saturated carbocycles. The first-order valence-electron chi connectivity index (χ1n) is 13.6. The van der Waals surface area contributed by atoms with E-state index in [-0.39, 0.29) is 12.2 Å². The number of nitrogens with zero attached hydrogens (tertiary/aromatic N) is 2. The number of methoxy groups -OCH3 is 1. The molecule has 0 spiro atoms. The molecular weight excluding hydrogens is 467 g/mol. The van der Waals surface area contributed by atoms with Crippen molar-refractivity contribution in [2.24, 2.45) is 11.8 Å². The van der Waals surface area contributed by atoms with Crippen molar-refractivity contribution in [3.05, 3.63) is 71.7 Å². The fourth-order valence-corrected chi connectivity index (χ4v) is 5.81. The molecule has 0 aliphatic carbocycles. The molecule has 5 nitrogen and oxygen atoms in total. The van der Waals surface area contributed by atoms with Crippen molar-refractivity contribution in [2.45, 2.75) is 57.8 Å². The number of hydrogen-bond acceptors (Lipinski definition) is 4. The highest BCUT2D eigenvalue weighted by atomic mass is 19.1. The summed E-state index contributed by atoms with van der Waals surface area (Å²) in [4.78, 5) is 18.3. The number of unbranched alkanes of at least 4 members (excludes halogenated alkanes) is 1. The average molecular weight is 507 g/mol. The molecule has 2 aromatic carbocycles. The number of piperidine rings is 1. The summed E-state index contributed by atoms with van der Waals surface area (Å²) in [6.45, 7) is 3.08. The molecule has 2 unspecified atom stereocenters. The van der Waals surface area contributed by atoms with E-state index in [2.05, 4.69) is 22.0 Å². The van der Waals surface area contributed by atoms with Gasteiger partial charge in [-0.2, -0.15) is 0 Å². The van der Waals surface area contributed by atoms with Crippen molar-refractivity contribution in [1.29, 1.82) is 0 Å². The molecule has 2 heterocycles. The molecule has 1 fully saturated rings. The van der Waals surface area contributed by atoms with E-state index < -0.39 is 5.97 Å². The maximum absolute atomic E-state index is 13.4. The van der Waals surface area contributed by atoms with Crippen LogP contribution >= 0.6 is 0 Å². The largest absolute Gasteiger partial charge is 0.497 e. The zero-order chi connectivity index (χ0) is 26.0. The average Bonchev–Trinajstić information content (AvgIpc) is 2.90. The smallest absolute Gasteiger partial charge is 0.303 e. The second-order valence-electron chi connectivity index (χ2n) is 10.4. The Hall–Kier alpha value is -2.99. The molecule has 0 bridgehead atoms. The van der Waals surface area contributed by atoms with E-state index in [0.717, 1.165) is 93.2 Å². The highest BCUT2D eigenvalue weighted by molar-refractivity contribution is 5.83. The third-order valence-corrected chi connectivity index (χ3v) is 7.84. The number of aryl methyl sites for hydroxylation is 2. The Bertz CT molecular complexity index is 1170. The Morgan fingerprint density at radius 1 is 1.08 bits per heavy atom. The van der Waals surface area contributed by atoms with Crippen LogP contribution in [0.5, 0.6) is 5.75 Å². The van der Waals surface area contributed by atoms with Crippen LogP contribution in [-0.2, 0) is 17.6 Å². The van der Waals surface area contributed by atoms with E-state index in [4.69, 9.17) is 4.74 Å². The zero-order valence-corrected chi connectivity index (χ0v) is 21.9. The van der Waals surface area contributed by atoms with Crippen LogP contribution in [0.2, 0.25) is 0 Å². The molecule has 37 heavy (non-hydrogen) atoms. The van der Waals surface area contributed by atoms with Gasteiger partial charge in [0, 0.05) is 24.5 Å². The Labute approximate surface area is 219 Å². The van der Waals surface area contributed by atoms with Crippen molar-refractivity contribution >= 4 is 16.9 Å². The number of carboxylic acids is 1. The van der Waals surface area contributed by atoms with E-state index >= 15 is 0 Å². The van der Waals surface area contributed by atoms with Gasteiger partial charge < -0.3 is 14.7 Å². The van der Waals surface area contributed by atoms with E-state index in [1.54, 1.807) is 19.2 Å². The molecule has 1 aliphatic rings. The number of likely N-dealkylation sites (tertiary alicyclic amines) is 1. The minimum Gasteiger partial charge on any atom is -0.497 e. The summed E-state index contributed by atoms with van der Waals surface area (Å²) < 4.78 is 18.8. The first-order valence-corrected chi connectivity index (χ1v) is 13.6. The summed E-state index contributed by atoms with van der Waals surface area (Å²) in [7, 11) is 1.69. The lowest BCUT2D eigenvalue weighted by Crippen LogP contribution is -2.41. The van der Waals surface area contributed by atoms with E-state index in [1.807, 2.05) is 24.4 Å². The molecular formula is C31H39FN2O3. The number of halogens is 1. The summed E-state index contributed by atoms with van der Waals surface area (Å²) in [6, 6.07) is 15.0. The van der Waals surface area contributed by atoms with Crippen LogP contribution in [0.15, 0.2) is 54.7 Å². The van der Waals surface area contributed by atoms with Gasteiger partial charge in [-0.25, -0.2) is 4.39 Å². The van der Waals surface area contributed by atoms with Crippen molar-refractivity contribution < 1.29 is 19.0 Å². The van der Waals surface area contributed by atoms with Crippen molar-refractivity contribution in [1.82, 2.24) is 9.88 Å². The Morgan fingerprint density at radius 3 is 2.78 bits per heavy atom. The van der Waals surface area contributed by atoms with Gasteiger partial charge in [0.2, 0.25) is 0 Å². The lowest BCUT2D eigenvalue weighted by Gasteiger charge is -2.39. The fourth-order valence-electron chi connectivity index (χ4n) is 5.81. The summed E-state index contributed by atoms with van der Waals surface area (Å²) in [6.07, 6.45) is 10.2. The topological polar surface area (TPSA) is 62.7 Å². The van der Waals surface area contributed by atoms with Gasteiger partial charge in [0.05, 0.1) is 12.6 Å². The van der Waals surface area contributed by atoms with Gasteiger partial charge in [0.25, 0.3) is 0 Å². The van der Waals surface area contributed by atoms with Crippen LogP contribution < -0.4 is 4.74 Å². The minimum absolute atomic E-state index is 0.169. The standard InChI is InChI=1S/C31H39FN2O3/c1-37-28-12-13-30-29(21-28)25(15-17-33-30)9-5-8-24-16-19-34(22-26(24)11-14-31(35)36)18-3-2-6-23-7-4-10-27(32)20-23/h4,7,10,12-13,15,17,20-21,24,26H,2-3,5-6,8-9,11,14,16,18-19,22H2,1H3,(H,35,36). The van der Waals surface area contributed by atoms with Gasteiger partial charge >= 0.3 is 5.97 Å². The first kappa shape index (κ1) is 27.1. The second-order valence-corrected chi connectivity index (χ2v) is 10.4. The lowest BCUT2D eigenvalue weighted by atomic mass is 9.79. The predicted octanol–water partition coefficient (Wildman–Crippen LogP) is 6.53. The molecule has 2 atom stereocenters. The Morgan fingerprint density at radius 2 is 1.97 bits per heavy atom. The van der Waals surface area contributed by atoms with Gasteiger partial charge in [-0.15, -0.1) is 0 Å². The van der Waals surface area contributed by atoms with Gasteiger partial charge in [-0.05, 0) is 124 Å². The number of aliphatic carboxylic acids is 1. The number of carboxylic acid groups (broad SMARTS) is 1.